The van der Waals surface area contributed by atoms with Gasteiger partial charge in [-0.15, -0.1) is 0 Å². The van der Waals surface area contributed by atoms with E-state index in [0.29, 0.717) is 0 Å². The van der Waals surface area contributed by atoms with Crippen LogP contribution >= 0.6 is 0 Å². The Hall–Kier alpha value is -2.22. The van der Waals surface area contributed by atoms with E-state index in [1.165, 1.54) is 29.7 Å². The zero-order valence-electron chi connectivity index (χ0n) is 9.94. The van der Waals surface area contributed by atoms with Crippen LogP contribution in [-0.4, -0.2) is 0 Å². The smallest absolute Gasteiger partial charge is 0.150 e. The Morgan fingerprint density at radius 2 is 1.56 bits per heavy atom. The van der Waals surface area contributed by atoms with Gasteiger partial charge in [0.1, 0.15) is 5.75 Å². The molecule has 18 heavy (non-hydrogen) atoms. The molecule has 2 heteroatoms. The molecule has 1 saturated carbocycles. The normalized spacial score (nSPS) is 16.0. The van der Waals surface area contributed by atoms with E-state index in [2.05, 4.69) is 23.5 Å². The summed E-state index contributed by atoms with van der Waals surface area (Å²) in [4.78, 5) is 0. The van der Waals surface area contributed by atoms with Crippen LogP contribution in [0, 0.1) is 0 Å². The molecule has 2 aliphatic rings. The monoisotopic (exact) mass is 235 g/mol. The number of para-hydroxylation sites is 3. The van der Waals surface area contributed by atoms with E-state index in [9.17, 15) is 0 Å². The molecular formula is C16H13NO. The van der Waals surface area contributed by atoms with Gasteiger partial charge in [-0.25, -0.2) is 0 Å². The number of hydrogen-bond donors (Lipinski definition) is 1. The standard InChI is InChI=1S/C16H13NO/c1-3-7-14-12(5-1)16(11-9-10-11)17-13-6-2-4-8-15(13)18-14/h1-8,17H,9-10H2. The first kappa shape index (κ1) is 9.77. The highest BCUT2D eigenvalue weighted by Crippen LogP contribution is 2.44. The van der Waals surface area contributed by atoms with Crippen LogP contribution in [0.4, 0.5) is 5.69 Å². The first-order chi connectivity index (χ1) is 8.92. The van der Waals surface area contributed by atoms with Crippen molar-refractivity contribution in [2.75, 3.05) is 5.32 Å². The van der Waals surface area contributed by atoms with E-state index in [1.54, 1.807) is 0 Å². The van der Waals surface area contributed by atoms with Crippen LogP contribution in [0.3, 0.4) is 0 Å². The number of benzene rings is 2. The molecule has 0 amide bonds. The number of ether oxygens (including phenoxy) is 1. The average molecular weight is 235 g/mol. The van der Waals surface area contributed by atoms with E-state index in [4.69, 9.17) is 4.74 Å². The van der Waals surface area contributed by atoms with Gasteiger partial charge in [0, 0.05) is 11.3 Å². The summed E-state index contributed by atoms with van der Waals surface area (Å²) in [7, 11) is 0. The Balaban J connectivity index is 1.96. The summed E-state index contributed by atoms with van der Waals surface area (Å²) >= 11 is 0. The highest BCUT2D eigenvalue weighted by Gasteiger charge is 2.24. The van der Waals surface area contributed by atoms with Crippen molar-refractivity contribution in [3.05, 3.63) is 59.7 Å². The van der Waals surface area contributed by atoms with E-state index < -0.39 is 0 Å². The Bertz CT molecular complexity index is 652. The van der Waals surface area contributed by atoms with Gasteiger partial charge in [-0.05, 0) is 42.7 Å². The number of hydrogen-bond acceptors (Lipinski definition) is 2. The van der Waals surface area contributed by atoms with Crippen LogP contribution in [0.2, 0.25) is 0 Å². The summed E-state index contributed by atoms with van der Waals surface area (Å²) in [5.74, 6) is 1.82. The molecule has 0 bridgehead atoms. The molecule has 1 aliphatic carbocycles. The number of fused-ring (bicyclic) bond motifs is 2. The minimum atomic E-state index is 0.890. The third kappa shape index (κ3) is 1.50. The average Bonchev–Trinajstić information content (AvgIpc) is 3.23. The molecule has 0 atom stereocenters. The van der Waals surface area contributed by atoms with Gasteiger partial charge in [-0.3, -0.25) is 0 Å². The molecule has 0 unspecified atom stereocenters. The van der Waals surface area contributed by atoms with Crippen molar-refractivity contribution in [3.63, 3.8) is 0 Å². The quantitative estimate of drug-likeness (QED) is 0.730. The molecule has 2 aromatic carbocycles. The van der Waals surface area contributed by atoms with Crippen LogP contribution in [-0.2, 0) is 0 Å². The molecule has 0 saturated heterocycles. The summed E-state index contributed by atoms with van der Waals surface area (Å²) in [6.07, 6.45) is 2.39. The second-order valence-electron chi connectivity index (χ2n) is 4.70. The van der Waals surface area contributed by atoms with Crippen molar-refractivity contribution in [3.8, 4) is 11.5 Å². The number of anilines is 1. The first-order valence-corrected chi connectivity index (χ1v) is 6.27. The summed E-state index contributed by atoms with van der Waals surface area (Å²) in [5, 5.41) is 3.53. The number of rotatable bonds is 0. The summed E-state index contributed by atoms with van der Waals surface area (Å²) < 4.78 is 6.01. The Labute approximate surface area is 106 Å². The lowest BCUT2D eigenvalue weighted by molar-refractivity contribution is 0.485. The molecule has 0 aromatic heterocycles. The fourth-order valence-electron chi connectivity index (χ4n) is 2.33. The molecule has 1 aliphatic heterocycles. The molecule has 0 radical (unpaired) electrons. The van der Waals surface area contributed by atoms with Gasteiger partial charge in [0.15, 0.2) is 5.75 Å². The lowest BCUT2D eigenvalue weighted by atomic mass is 10.1. The van der Waals surface area contributed by atoms with Crippen molar-refractivity contribution < 1.29 is 4.74 Å². The van der Waals surface area contributed by atoms with Gasteiger partial charge in [-0.2, -0.15) is 0 Å². The lowest BCUT2D eigenvalue weighted by Crippen LogP contribution is -1.96. The maximum absolute atomic E-state index is 6.01. The molecule has 0 spiro atoms. The highest BCUT2D eigenvalue weighted by atomic mass is 16.5. The van der Waals surface area contributed by atoms with Gasteiger partial charge < -0.3 is 10.1 Å². The Kier molecular flexibility index (Phi) is 1.97. The summed E-state index contributed by atoms with van der Waals surface area (Å²) in [6.45, 7) is 0. The molecule has 1 heterocycles. The minimum Gasteiger partial charge on any atom is -0.454 e. The predicted molar refractivity (Wildman–Crippen MR) is 72.7 cm³/mol. The van der Waals surface area contributed by atoms with Crippen LogP contribution in [0.1, 0.15) is 18.4 Å². The lowest BCUT2D eigenvalue weighted by Gasteiger charge is -2.08. The largest absolute Gasteiger partial charge is 0.454 e. The molecule has 4 rings (SSSR count). The predicted octanol–water partition coefficient (Wildman–Crippen LogP) is 4.41. The van der Waals surface area contributed by atoms with Crippen LogP contribution in [0.25, 0.3) is 5.70 Å². The molecule has 2 nitrogen and oxygen atoms in total. The highest BCUT2D eigenvalue weighted by molar-refractivity contribution is 5.87. The van der Waals surface area contributed by atoms with Gasteiger partial charge in [0.05, 0.1) is 5.69 Å². The van der Waals surface area contributed by atoms with E-state index in [0.717, 1.165) is 17.2 Å². The fourth-order valence-corrected chi connectivity index (χ4v) is 2.33. The zero-order chi connectivity index (χ0) is 11.9. The molecule has 2 aromatic rings. The third-order valence-corrected chi connectivity index (χ3v) is 3.38. The molecule has 1 fully saturated rings. The van der Waals surface area contributed by atoms with E-state index in [1.807, 2.05) is 30.3 Å². The second-order valence-corrected chi connectivity index (χ2v) is 4.70. The van der Waals surface area contributed by atoms with E-state index >= 15 is 0 Å². The Morgan fingerprint density at radius 1 is 0.833 bits per heavy atom. The minimum absolute atomic E-state index is 0.890. The molecular weight excluding hydrogens is 222 g/mol. The van der Waals surface area contributed by atoms with Gasteiger partial charge in [0.25, 0.3) is 0 Å². The summed E-state index contributed by atoms with van der Waals surface area (Å²) in [6, 6.07) is 16.3. The molecule has 88 valence electrons. The third-order valence-electron chi connectivity index (χ3n) is 3.38. The molecule has 1 N–H and O–H groups in total. The van der Waals surface area contributed by atoms with Gasteiger partial charge in [-0.1, -0.05) is 24.3 Å². The second kappa shape index (κ2) is 3.64. The topological polar surface area (TPSA) is 21.3 Å². The van der Waals surface area contributed by atoms with Crippen molar-refractivity contribution in [2.45, 2.75) is 12.8 Å². The van der Waals surface area contributed by atoms with Gasteiger partial charge in [0.2, 0.25) is 0 Å². The van der Waals surface area contributed by atoms with Crippen molar-refractivity contribution in [1.29, 1.82) is 0 Å². The maximum Gasteiger partial charge on any atom is 0.150 e. The Morgan fingerprint density at radius 3 is 2.39 bits per heavy atom. The number of allylic oxidation sites excluding steroid dienone is 1. The van der Waals surface area contributed by atoms with Crippen LogP contribution in [0.5, 0.6) is 11.5 Å². The number of nitrogens with one attached hydrogen (secondary N) is 1. The van der Waals surface area contributed by atoms with Crippen LogP contribution in [0.15, 0.2) is 54.1 Å². The van der Waals surface area contributed by atoms with Gasteiger partial charge >= 0.3 is 0 Å². The fraction of sp³-hybridized carbons (Fsp3) is 0.125. The SMILES string of the molecule is c1ccc2c(c1)NC(=C1CC1)c1ccccc1O2. The zero-order valence-corrected chi connectivity index (χ0v) is 9.94. The van der Waals surface area contributed by atoms with Crippen molar-refractivity contribution in [1.82, 2.24) is 0 Å². The van der Waals surface area contributed by atoms with Crippen LogP contribution < -0.4 is 10.1 Å². The summed E-state index contributed by atoms with van der Waals surface area (Å²) in [5.41, 5.74) is 4.93. The van der Waals surface area contributed by atoms with Crippen molar-refractivity contribution >= 4 is 11.4 Å². The van der Waals surface area contributed by atoms with E-state index in [-0.39, 0.29) is 0 Å². The first-order valence-electron chi connectivity index (χ1n) is 6.27. The maximum atomic E-state index is 6.01. The van der Waals surface area contributed by atoms with Crippen molar-refractivity contribution in [2.24, 2.45) is 0 Å².